The number of piperazine rings is 1. The van der Waals surface area contributed by atoms with Gasteiger partial charge in [-0.1, -0.05) is 41.9 Å². The quantitative estimate of drug-likeness (QED) is 0.661. The van der Waals surface area contributed by atoms with Crippen LogP contribution in [0.2, 0.25) is 5.02 Å². The molecule has 4 rings (SSSR count). The van der Waals surface area contributed by atoms with Gasteiger partial charge in [-0.3, -0.25) is 9.80 Å². The maximum atomic E-state index is 9.90. The van der Waals surface area contributed by atoms with Gasteiger partial charge >= 0.3 is 0 Å². The number of nitriles is 1. The first-order valence-corrected chi connectivity index (χ1v) is 11.7. The molecular weight excluding hydrogens is 402 g/mol. The Morgan fingerprint density at radius 1 is 1.14 bits per heavy atom. The molecule has 0 amide bonds. The third kappa shape index (κ3) is 4.95. The summed E-state index contributed by atoms with van der Waals surface area (Å²) in [5.74, 6) is 0. The zero-order valence-electron chi connectivity index (χ0n) is 16.7. The molecule has 1 saturated heterocycles. The van der Waals surface area contributed by atoms with E-state index in [1.54, 1.807) is 11.3 Å². The summed E-state index contributed by atoms with van der Waals surface area (Å²) in [7, 11) is 0. The molecule has 6 heteroatoms. The molecule has 154 valence electrons. The molecule has 1 aromatic heterocycles. The fourth-order valence-corrected chi connectivity index (χ4v) is 5.62. The molecule has 4 nitrogen and oxygen atoms in total. The molecule has 2 aromatic rings. The molecule has 29 heavy (non-hydrogen) atoms. The second kappa shape index (κ2) is 9.49. The minimum Gasteiger partial charge on any atom is -0.483 e. The fraction of sp³-hybridized carbons (Fsp3) is 0.522. The van der Waals surface area contributed by atoms with E-state index in [4.69, 9.17) is 16.3 Å². The van der Waals surface area contributed by atoms with Crippen molar-refractivity contribution in [3.8, 4) is 11.1 Å². The minimum absolute atomic E-state index is 0.290. The Morgan fingerprint density at radius 3 is 2.48 bits per heavy atom. The summed E-state index contributed by atoms with van der Waals surface area (Å²) < 4.78 is 5.80. The number of thiophene rings is 1. The zero-order chi connectivity index (χ0) is 20.1. The SMILES string of the molecule is N#CC1(c2ccccc2)CCC(N2CCN(CCOc3cc(Cl)cs3)CC2)CC1. The topological polar surface area (TPSA) is 39.5 Å². The van der Waals surface area contributed by atoms with Crippen LogP contribution in [0.25, 0.3) is 0 Å². The lowest BCUT2D eigenvalue weighted by Crippen LogP contribution is -2.52. The molecule has 2 fully saturated rings. The van der Waals surface area contributed by atoms with Gasteiger partial charge in [0.2, 0.25) is 0 Å². The van der Waals surface area contributed by atoms with Gasteiger partial charge in [-0.05, 0) is 31.2 Å². The van der Waals surface area contributed by atoms with Gasteiger partial charge in [0.15, 0.2) is 5.06 Å². The van der Waals surface area contributed by atoms with Gasteiger partial charge in [0.25, 0.3) is 0 Å². The van der Waals surface area contributed by atoms with Gasteiger partial charge in [0.1, 0.15) is 6.61 Å². The molecule has 1 saturated carbocycles. The van der Waals surface area contributed by atoms with Crippen LogP contribution in [0.15, 0.2) is 41.8 Å². The van der Waals surface area contributed by atoms with E-state index >= 15 is 0 Å². The van der Waals surface area contributed by atoms with Crippen molar-refractivity contribution in [2.45, 2.75) is 37.1 Å². The van der Waals surface area contributed by atoms with Gasteiger partial charge < -0.3 is 4.74 Å². The Balaban J connectivity index is 1.21. The van der Waals surface area contributed by atoms with Crippen LogP contribution in [-0.2, 0) is 5.41 Å². The van der Waals surface area contributed by atoms with Crippen molar-refractivity contribution in [1.82, 2.24) is 9.80 Å². The Bertz CT molecular complexity index is 818. The molecule has 2 heterocycles. The predicted molar refractivity (Wildman–Crippen MR) is 119 cm³/mol. The number of hydrogen-bond donors (Lipinski definition) is 0. The number of nitrogens with zero attached hydrogens (tertiary/aromatic N) is 3. The lowest BCUT2D eigenvalue weighted by Gasteiger charge is -2.44. The second-order valence-electron chi connectivity index (χ2n) is 8.10. The van der Waals surface area contributed by atoms with Crippen LogP contribution in [0.1, 0.15) is 31.2 Å². The smallest absolute Gasteiger partial charge is 0.175 e. The maximum Gasteiger partial charge on any atom is 0.175 e. The molecule has 0 unspecified atom stereocenters. The Morgan fingerprint density at radius 2 is 1.86 bits per heavy atom. The van der Waals surface area contributed by atoms with Crippen LogP contribution in [0, 0.1) is 11.3 Å². The molecular formula is C23H28ClN3OS. The Labute approximate surface area is 182 Å². The molecule has 0 spiro atoms. The van der Waals surface area contributed by atoms with E-state index in [2.05, 4.69) is 40.1 Å². The van der Waals surface area contributed by atoms with Crippen molar-refractivity contribution < 1.29 is 4.74 Å². The summed E-state index contributed by atoms with van der Waals surface area (Å²) in [5, 5.41) is 13.5. The first kappa shape index (κ1) is 20.7. The lowest BCUT2D eigenvalue weighted by molar-refractivity contribution is 0.0650. The largest absolute Gasteiger partial charge is 0.483 e. The highest BCUT2D eigenvalue weighted by atomic mass is 35.5. The number of benzene rings is 1. The van der Waals surface area contributed by atoms with Crippen molar-refractivity contribution in [2.75, 3.05) is 39.3 Å². The van der Waals surface area contributed by atoms with E-state index < -0.39 is 0 Å². The normalized spacial score (nSPS) is 26.1. The van der Waals surface area contributed by atoms with Crippen molar-refractivity contribution in [2.24, 2.45) is 0 Å². The molecule has 1 aliphatic heterocycles. The number of halogens is 1. The lowest BCUT2D eigenvalue weighted by atomic mass is 9.69. The highest BCUT2D eigenvalue weighted by Gasteiger charge is 2.39. The molecule has 0 radical (unpaired) electrons. The number of rotatable bonds is 6. The van der Waals surface area contributed by atoms with Crippen LogP contribution < -0.4 is 4.74 Å². The van der Waals surface area contributed by atoms with E-state index in [9.17, 15) is 5.26 Å². The van der Waals surface area contributed by atoms with Gasteiger partial charge in [0.05, 0.1) is 16.5 Å². The highest BCUT2D eigenvalue weighted by molar-refractivity contribution is 7.12. The maximum absolute atomic E-state index is 9.90. The van der Waals surface area contributed by atoms with Gasteiger partial charge in [0, 0.05) is 50.2 Å². The summed E-state index contributed by atoms with van der Waals surface area (Å²) in [4.78, 5) is 5.13. The van der Waals surface area contributed by atoms with Crippen LogP contribution in [0.3, 0.4) is 0 Å². The van der Waals surface area contributed by atoms with Crippen molar-refractivity contribution in [3.05, 3.63) is 52.4 Å². The summed E-state index contributed by atoms with van der Waals surface area (Å²) in [5.41, 5.74) is 0.902. The standard InChI is InChI=1S/C23H28ClN3OS/c24-20-16-22(29-17-20)28-15-14-26-10-12-27(13-11-26)21-6-8-23(18-25,9-7-21)19-4-2-1-3-5-19/h1-5,16-17,21H,6-15H2. The molecule has 1 aliphatic carbocycles. The monoisotopic (exact) mass is 429 g/mol. The zero-order valence-corrected chi connectivity index (χ0v) is 18.3. The van der Waals surface area contributed by atoms with E-state index in [0.29, 0.717) is 12.6 Å². The second-order valence-corrected chi connectivity index (χ2v) is 9.41. The third-order valence-electron chi connectivity index (χ3n) is 6.47. The molecule has 0 N–H and O–H groups in total. The van der Waals surface area contributed by atoms with Crippen LogP contribution in [-0.4, -0.2) is 55.2 Å². The van der Waals surface area contributed by atoms with Crippen LogP contribution in [0.5, 0.6) is 5.06 Å². The first-order chi connectivity index (χ1) is 14.2. The summed E-state index contributed by atoms with van der Waals surface area (Å²) in [6, 6.07) is 15.5. The van der Waals surface area contributed by atoms with E-state index in [-0.39, 0.29) is 5.41 Å². The average molecular weight is 430 g/mol. The van der Waals surface area contributed by atoms with Gasteiger partial charge in [-0.25, -0.2) is 0 Å². The Hall–Kier alpha value is -1.58. The molecule has 0 bridgehead atoms. The molecule has 1 aromatic carbocycles. The van der Waals surface area contributed by atoms with Crippen molar-refractivity contribution in [3.63, 3.8) is 0 Å². The van der Waals surface area contributed by atoms with E-state index in [1.165, 1.54) is 5.56 Å². The van der Waals surface area contributed by atoms with Crippen LogP contribution >= 0.6 is 22.9 Å². The Kier molecular flexibility index (Phi) is 6.77. The summed E-state index contributed by atoms with van der Waals surface area (Å²) in [6.07, 6.45) is 4.17. The average Bonchev–Trinajstić information content (AvgIpc) is 3.20. The third-order valence-corrected chi connectivity index (χ3v) is 7.65. The van der Waals surface area contributed by atoms with Gasteiger partial charge in [-0.15, -0.1) is 11.3 Å². The molecule has 0 atom stereocenters. The molecule has 2 aliphatic rings. The van der Waals surface area contributed by atoms with E-state index in [0.717, 1.165) is 68.5 Å². The number of hydrogen-bond acceptors (Lipinski definition) is 5. The highest BCUT2D eigenvalue weighted by Crippen LogP contribution is 2.40. The summed E-state index contributed by atoms with van der Waals surface area (Å²) in [6.45, 7) is 6.07. The first-order valence-electron chi connectivity index (χ1n) is 10.5. The fourth-order valence-electron chi connectivity index (χ4n) is 4.68. The van der Waals surface area contributed by atoms with Gasteiger partial charge in [-0.2, -0.15) is 5.26 Å². The summed E-state index contributed by atoms with van der Waals surface area (Å²) >= 11 is 7.49. The van der Waals surface area contributed by atoms with Crippen molar-refractivity contribution in [1.29, 1.82) is 5.26 Å². The van der Waals surface area contributed by atoms with Crippen molar-refractivity contribution >= 4 is 22.9 Å². The van der Waals surface area contributed by atoms with E-state index in [1.807, 2.05) is 17.5 Å². The number of ether oxygens (including phenoxy) is 1. The minimum atomic E-state index is -0.290. The predicted octanol–water partition coefficient (Wildman–Crippen LogP) is 4.80. The van der Waals surface area contributed by atoms with Crippen LogP contribution in [0.4, 0.5) is 0 Å².